The van der Waals surface area contributed by atoms with Crippen LogP contribution in [0.15, 0.2) is 36.4 Å². The third-order valence-electron chi connectivity index (χ3n) is 4.84. The molecule has 2 unspecified atom stereocenters. The number of nitrogens with one attached hydrogen (secondary N) is 2. The molecule has 0 spiro atoms. The molecule has 1 aromatic heterocycles. The van der Waals surface area contributed by atoms with E-state index in [1.165, 1.54) is 0 Å². The van der Waals surface area contributed by atoms with E-state index in [9.17, 15) is 0 Å². The van der Waals surface area contributed by atoms with E-state index in [0.717, 1.165) is 69.1 Å². The number of rotatable bonds is 7. The van der Waals surface area contributed by atoms with Crippen LogP contribution >= 0.6 is 0 Å². The van der Waals surface area contributed by atoms with Crippen LogP contribution in [0.4, 0.5) is 11.8 Å². The molecule has 0 bridgehead atoms. The fraction of sp³-hybridized carbons (Fsp3) is 0.500. The number of nitrogens with zero attached hydrogens (tertiary/aromatic N) is 2. The zero-order valence-corrected chi connectivity index (χ0v) is 15.0. The number of ether oxygens (including phenoxy) is 2. The van der Waals surface area contributed by atoms with E-state index in [1.54, 1.807) is 0 Å². The average molecular weight is 354 g/mol. The second-order valence-electron chi connectivity index (χ2n) is 6.86. The Morgan fingerprint density at radius 2 is 1.58 bits per heavy atom. The molecule has 3 heterocycles. The van der Waals surface area contributed by atoms with E-state index in [1.807, 2.05) is 24.3 Å². The number of hydrogen-bond donors (Lipinski definition) is 2. The maximum Gasteiger partial charge on any atom is 0.225 e. The van der Waals surface area contributed by atoms with Crippen molar-refractivity contribution in [3.8, 4) is 11.3 Å². The molecule has 2 fully saturated rings. The van der Waals surface area contributed by atoms with E-state index < -0.39 is 0 Å². The van der Waals surface area contributed by atoms with Gasteiger partial charge in [0, 0.05) is 37.9 Å². The molecule has 0 amide bonds. The number of anilines is 2. The maximum atomic E-state index is 5.70. The largest absolute Gasteiger partial charge is 0.376 e. The summed E-state index contributed by atoms with van der Waals surface area (Å²) in [6, 6.07) is 12.2. The van der Waals surface area contributed by atoms with Gasteiger partial charge in [-0.2, -0.15) is 4.98 Å². The Bertz CT molecular complexity index is 660. The van der Waals surface area contributed by atoms with Gasteiger partial charge in [-0.25, -0.2) is 4.98 Å². The smallest absolute Gasteiger partial charge is 0.225 e. The lowest BCUT2D eigenvalue weighted by molar-refractivity contribution is 0.120. The monoisotopic (exact) mass is 354 g/mol. The van der Waals surface area contributed by atoms with Crippen molar-refractivity contribution in [2.75, 3.05) is 36.9 Å². The minimum absolute atomic E-state index is 0.252. The highest BCUT2D eigenvalue weighted by Crippen LogP contribution is 2.22. The first-order valence-corrected chi connectivity index (χ1v) is 9.52. The highest BCUT2D eigenvalue weighted by molar-refractivity contribution is 5.64. The minimum Gasteiger partial charge on any atom is -0.376 e. The Hall–Kier alpha value is -2.18. The van der Waals surface area contributed by atoms with Gasteiger partial charge in [0.2, 0.25) is 5.95 Å². The van der Waals surface area contributed by atoms with Crippen LogP contribution in [0.1, 0.15) is 25.7 Å². The van der Waals surface area contributed by atoms with E-state index >= 15 is 0 Å². The zero-order chi connectivity index (χ0) is 17.6. The van der Waals surface area contributed by atoms with Gasteiger partial charge in [-0.05, 0) is 25.7 Å². The Morgan fingerprint density at radius 3 is 2.23 bits per heavy atom. The number of aromatic nitrogens is 2. The molecule has 2 aromatic rings. The van der Waals surface area contributed by atoms with Crippen molar-refractivity contribution in [2.45, 2.75) is 37.9 Å². The summed E-state index contributed by atoms with van der Waals surface area (Å²) in [5.74, 6) is 1.46. The van der Waals surface area contributed by atoms with Crippen molar-refractivity contribution in [1.82, 2.24) is 9.97 Å². The summed E-state index contributed by atoms with van der Waals surface area (Å²) >= 11 is 0. The van der Waals surface area contributed by atoms with Crippen molar-refractivity contribution in [3.05, 3.63) is 36.4 Å². The summed E-state index contributed by atoms with van der Waals surface area (Å²) in [7, 11) is 0. The number of hydrogen-bond acceptors (Lipinski definition) is 6. The van der Waals surface area contributed by atoms with Gasteiger partial charge in [0.05, 0.1) is 17.9 Å². The van der Waals surface area contributed by atoms with Crippen molar-refractivity contribution >= 4 is 11.8 Å². The van der Waals surface area contributed by atoms with Gasteiger partial charge in [-0.15, -0.1) is 0 Å². The molecule has 0 aliphatic carbocycles. The summed E-state index contributed by atoms with van der Waals surface area (Å²) in [6.07, 6.45) is 4.99. The molecule has 2 saturated heterocycles. The predicted octanol–water partition coefficient (Wildman–Crippen LogP) is 3.33. The van der Waals surface area contributed by atoms with Crippen LogP contribution in [0.5, 0.6) is 0 Å². The molecule has 2 aliphatic heterocycles. The van der Waals surface area contributed by atoms with E-state index in [4.69, 9.17) is 14.5 Å². The van der Waals surface area contributed by atoms with Crippen LogP contribution < -0.4 is 10.6 Å². The second kappa shape index (κ2) is 8.47. The lowest BCUT2D eigenvalue weighted by atomic mass is 10.1. The highest BCUT2D eigenvalue weighted by atomic mass is 16.5. The summed E-state index contributed by atoms with van der Waals surface area (Å²) in [5, 5.41) is 6.76. The van der Waals surface area contributed by atoms with E-state index in [-0.39, 0.29) is 12.2 Å². The van der Waals surface area contributed by atoms with Crippen molar-refractivity contribution in [1.29, 1.82) is 0 Å². The Kier molecular flexibility index (Phi) is 5.62. The first-order valence-electron chi connectivity index (χ1n) is 9.52. The molecule has 6 heteroatoms. The van der Waals surface area contributed by atoms with Gasteiger partial charge in [0.15, 0.2) is 0 Å². The number of benzene rings is 1. The molecule has 1 aromatic carbocycles. The van der Waals surface area contributed by atoms with Crippen molar-refractivity contribution < 1.29 is 9.47 Å². The van der Waals surface area contributed by atoms with Crippen LogP contribution in [0.2, 0.25) is 0 Å². The lowest BCUT2D eigenvalue weighted by Gasteiger charge is -2.15. The summed E-state index contributed by atoms with van der Waals surface area (Å²) in [5.41, 5.74) is 1.99. The van der Waals surface area contributed by atoms with Gasteiger partial charge in [0.25, 0.3) is 0 Å². The van der Waals surface area contributed by atoms with Crippen LogP contribution in [0.3, 0.4) is 0 Å². The first kappa shape index (κ1) is 17.2. The topological polar surface area (TPSA) is 68.3 Å². The standard InChI is InChI=1S/C20H26N4O2/c1-2-6-15(7-3-1)18-12-19(21-13-16-8-4-10-25-16)24-20(23-18)22-14-17-9-5-11-26-17/h1-3,6-7,12,16-17H,4-5,8-11,13-14H2,(H2,21,22,23,24). The second-order valence-corrected chi connectivity index (χ2v) is 6.86. The fourth-order valence-corrected chi connectivity index (χ4v) is 3.41. The van der Waals surface area contributed by atoms with E-state index in [0.29, 0.717) is 5.95 Å². The van der Waals surface area contributed by atoms with Crippen molar-refractivity contribution in [3.63, 3.8) is 0 Å². The molecule has 26 heavy (non-hydrogen) atoms. The molecular weight excluding hydrogens is 328 g/mol. The summed E-state index contributed by atoms with van der Waals surface area (Å²) in [4.78, 5) is 9.33. The maximum absolute atomic E-state index is 5.70. The van der Waals surface area contributed by atoms with Crippen LogP contribution in [0.25, 0.3) is 11.3 Å². The average Bonchev–Trinajstić information content (AvgIpc) is 3.39. The van der Waals surface area contributed by atoms with Gasteiger partial charge in [0.1, 0.15) is 5.82 Å². The van der Waals surface area contributed by atoms with Gasteiger partial charge in [-0.3, -0.25) is 0 Å². The Balaban J connectivity index is 1.50. The molecule has 6 nitrogen and oxygen atoms in total. The zero-order valence-electron chi connectivity index (χ0n) is 15.0. The molecule has 138 valence electrons. The highest BCUT2D eigenvalue weighted by Gasteiger charge is 2.17. The molecular formula is C20H26N4O2. The molecule has 4 rings (SSSR count). The molecule has 2 atom stereocenters. The SMILES string of the molecule is c1ccc(-c2cc(NCC3CCCO3)nc(NCC3CCCO3)n2)cc1. The van der Waals surface area contributed by atoms with Crippen LogP contribution in [0, 0.1) is 0 Å². The first-order chi connectivity index (χ1) is 12.9. The van der Waals surface area contributed by atoms with Crippen LogP contribution in [-0.4, -0.2) is 48.5 Å². The Morgan fingerprint density at radius 1 is 0.885 bits per heavy atom. The van der Waals surface area contributed by atoms with Gasteiger partial charge < -0.3 is 20.1 Å². The lowest BCUT2D eigenvalue weighted by Crippen LogP contribution is -2.21. The summed E-state index contributed by atoms with van der Waals surface area (Å²) in [6.45, 7) is 3.23. The molecule has 2 N–H and O–H groups in total. The molecule has 0 saturated carbocycles. The van der Waals surface area contributed by atoms with Gasteiger partial charge >= 0.3 is 0 Å². The van der Waals surface area contributed by atoms with E-state index in [2.05, 4.69) is 27.8 Å². The van der Waals surface area contributed by atoms with Gasteiger partial charge in [-0.1, -0.05) is 30.3 Å². The fourth-order valence-electron chi connectivity index (χ4n) is 3.41. The summed E-state index contributed by atoms with van der Waals surface area (Å²) < 4.78 is 11.4. The predicted molar refractivity (Wildman–Crippen MR) is 102 cm³/mol. The quantitative estimate of drug-likeness (QED) is 0.795. The normalized spacial score (nSPS) is 22.5. The Labute approximate surface area is 154 Å². The third-order valence-corrected chi connectivity index (χ3v) is 4.84. The van der Waals surface area contributed by atoms with Crippen molar-refractivity contribution in [2.24, 2.45) is 0 Å². The third kappa shape index (κ3) is 4.51. The minimum atomic E-state index is 0.252. The van der Waals surface area contributed by atoms with Crippen LogP contribution in [-0.2, 0) is 9.47 Å². The molecule has 0 radical (unpaired) electrons. The molecule has 2 aliphatic rings.